The third kappa shape index (κ3) is 3.68. The fourth-order valence-electron chi connectivity index (χ4n) is 3.53. The van der Waals surface area contributed by atoms with Gasteiger partial charge in [-0.1, -0.05) is 0 Å². The number of likely N-dealkylation sites (tertiary alicyclic amines) is 1. The number of aliphatic hydroxyl groups is 1. The van der Waals surface area contributed by atoms with Gasteiger partial charge in [-0.15, -0.1) is 0 Å². The molecule has 0 bridgehead atoms. The second kappa shape index (κ2) is 6.87. The van der Waals surface area contributed by atoms with Crippen LogP contribution in [0.3, 0.4) is 0 Å². The van der Waals surface area contributed by atoms with Gasteiger partial charge in [-0.05, 0) is 25.3 Å². The molecule has 25 heavy (non-hydrogen) atoms. The highest BCUT2D eigenvalue weighted by atomic mass is 16.3. The fraction of sp³-hybridized carbons (Fsp3) is 0.588. The third-order valence-corrected chi connectivity index (χ3v) is 5.07. The van der Waals surface area contributed by atoms with Gasteiger partial charge in [0.15, 0.2) is 0 Å². The first kappa shape index (κ1) is 17.5. The van der Waals surface area contributed by atoms with E-state index in [1.165, 1.54) is 0 Å². The molecule has 2 aliphatic heterocycles. The molecule has 8 heteroatoms. The molecular weight excluding hydrogens is 322 g/mol. The summed E-state index contributed by atoms with van der Waals surface area (Å²) in [4.78, 5) is 32.5. The highest BCUT2D eigenvalue weighted by molar-refractivity contribution is 5.90. The third-order valence-electron chi connectivity index (χ3n) is 5.07. The molecule has 1 aromatic rings. The number of hydrogen-bond acceptors (Lipinski definition) is 5. The second-order valence-electron chi connectivity index (χ2n) is 7.06. The Morgan fingerprint density at radius 2 is 2.16 bits per heavy atom. The van der Waals surface area contributed by atoms with E-state index < -0.39 is 11.5 Å². The van der Waals surface area contributed by atoms with Crippen LogP contribution in [0.4, 0.5) is 16.3 Å². The van der Waals surface area contributed by atoms with Crippen LogP contribution in [0.2, 0.25) is 0 Å². The van der Waals surface area contributed by atoms with Crippen LogP contribution >= 0.6 is 0 Å². The van der Waals surface area contributed by atoms with Crippen molar-refractivity contribution in [2.75, 3.05) is 43.9 Å². The summed E-state index contributed by atoms with van der Waals surface area (Å²) in [5.74, 6) is 0.769. The molecule has 2 fully saturated rings. The summed E-state index contributed by atoms with van der Waals surface area (Å²) in [7, 11) is 3.78. The average molecular weight is 347 g/mol. The standard InChI is InChI=1S/C17H25N5O3/c1-21(2)14-9-12(3-6-18-14)20-16(25)22-7-4-17(5-8-22)10-13(23)11-19-15(17)24/h3,6,9,13,23H,4-5,7-8,10-11H2,1-2H3,(H,19,24)(H,18,20,25)/t13-/m0/s1. The average Bonchev–Trinajstić information content (AvgIpc) is 2.59. The van der Waals surface area contributed by atoms with Crippen LogP contribution in [0.15, 0.2) is 18.3 Å². The Kier molecular flexibility index (Phi) is 4.80. The van der Waals surface area contributed by atoms with Crippen LogP contribution in [0, 0.1) is 5.41 Å². The van der Waals surface area contributed by atoms with Gasteiger partial charge in [0.1, 0.15) is 5.82 Å². The first-order valence-electron chi connectivity index (χ1n) is 8.55. The molecule has 2 aliphatic rings. The van der Waals surface area contributed by atoms with E-state index in [0.717, 1.165) is 5.82 Å². The molecule has 2 saturated heterocycles. The smallest absolute Gasteiger partial charge is 0.321 e. The van der Waals surface area contributed by atoms with E-state index >= 15 is 0 Å². The van der Waals surface area contributed by atoms with Crippen molar-refractivity contribution in [3.05, 3.63) is 18.3 Å². The minimum absolute atomic E-state index is 0.00242. The lowest BCUT2D eigenvalue weighted by molar-refractivity contribution is -0.140. The molecule has 1 atom stereocenters. The van der Waals surface area contributed by atoms with Crippen molar-refractivity contribution < 1.29 is 14.7 Å². The van der Waals surface area contributed by atoms with Crippen LogP contribution in [-0.2, 0) is 4.79 Å². The predicted molar refractivity (Wildman–Crippen MR) is 94.5 cm³/mol. The van der Waals surface area contributed by atoms with E-state index in [0.29, 0.717) is 44.6 Å². The summed E-state index contributed by atoms with van der Waals surface area (Å²) in [6.45, 7) is 1.32. The quantitative estimate of drug-likeness (QED) is 0.729. The van der Waals surface area contributed by atoms with E-state index in [1.807, 2.05) is 25.1 Å². The van der Waals surface area contributed by atoms with Crippen molar-refractivity contribution in [1.82, 2.24) is 15.2 Å². The summed E-state index contributed by atoms with van der Waals surface area (Å²) < 4.78 is 0. The molecule has 0 aliphatic carbocycles. The van der Waals surface area contributed by atoms with E-state index in [2.05, 4.69) is 15.6 Å². The SMILES string of the molecule is CN(C)c1cc(NC(=O)N2CCC3(CC2)C[C@H](O)CNC3=O)ccn1. The lowest BCUT2D eigenvalue weighted by Crippen LogP contribution is -2.56. The molecule has 0 radical (unpaired) electrons. The van der Waals surface area contributed by atoms with Crippen molar-refractivity contribution in [3.63, 3.8) is 0 Å². The number of aliphatic hydroxyl groups excluding tert-OH is 1. The zero-order valence-corrected chi connectivity index (χ0v) is 14.7. The largest absolute Gasteiger partial charge is 0.391 e. The lowest BCUT2D eigenvalue weighted by atomic mass is 9.71. The van der Waals surface area contributed by atoms with Crippen molar-refractivity contribution >= 4 is 23.4 Å². The molecule has 3 amide bonds. The van der Waals surface area contributed by atoms with Gasteiger partial charge in [0.2, 0.25) is 5.91 Å². The molecule has 3 N–H and O–H groups in total. The van der Waals surface area contributed by atoms with Crippen LogP contribution < -0.4 is 15.5 Å². The van der Waals surface area contributed by atoms with Crippen LogP contribution in [-0.4, -0.2) is 66.8 Å². The Labute approximate surface area is 147 Å². The Bertz CT molecular complexity index is 655. The van der Waals surface area contributed by atoms with Crippen LogP contribution in [0.1, 0.15) is 19.3 Å². The number of carbonyl (C=O) groups excluding carboxylic acids is 2. The number of rotatable bonds is 2. The van der Waals surface area contributed by atoms with Gasteiger partial charge in [-0.2, -0.15) is 0 Å². The number of anilines is 2. The fourth-order valence-corrected chi connectivity index (χ4v) is 3.53. The lowest BCUT2D eigenvalue weighted by Gasteiger charge is -2.44. The number of aromatic nitrogens is 1. The normalized spacial score (nSPS) is 22.4. The summed E-state index contributed by atoms with van der Waals surface area (Å²) in [6, 6.07) is 3.39. The number of carbonyl (C=O) groups is 2. The molecule has 0 unspecified atom stereocenters. The van der Waals surface area contributed by atoms with Crippen LogP contribution in [0.25, 0.3) is 0 Å². The number of nitrogens with zero attached hydrogens (tertiary/aromatic N) is 3. The summed E-state index contributed by atoms with van der Waals surface area (Å²) >= 11 is 0. The number of nitrogens with one attached hydrogen (secondary N) is 2. The van der Waals surface area contributed by atoms with Gasteiger partial charge in [0.25, 0.3) is 0 Å². The number of piperidine rings is 2. The Morgan fingerprint density at radius 1 is 1.44 bits per heavy atom. The van der Waals surface area contributed by atoms with Gasteiger partial charge in [0, 0.05) is 51.7 Å². The Balaban J connectivity index is 1.60. The minimum Gasteiger partial charge on any atom is -0.391 e. The highest BCUT2D eigenvalue weighted by Gasteiger charge is 2.45. The molecule has 8 nitrogen and oxygen atoms in total. The zero-order valence-electron chi connectivity index (χ0n) is 14.7. The number of β-amino-alcohol motifs (C(OH)–C–C–N with tert-alkyl or cyclic N) is 1. The summed E-state index contributed by atoms with van der Waals surface area (Å²) in [5.41, 5.74) is 0.151. The van der Waals surface area contributed by atoms with E-state index in [9.17, 15) is 14.7 Å². The number of hydrogen-bond donors (Lipinski definition) is 3. The first-order valence-corrected chi connectivity index (χ1v) is 8.55. The molecule has 0 aromatic carbocycles. The van der Waals surface area contributed by atoms with Crippen molar-refractivity contribution in [2.45, 2.75) is 25.4 Å². The molecule has 1 aromatic heterocycles. The van der Waals surface area contributed by atoms with Crippen molar-refractivity contribution in [1.29, 1.82) is 0 Å². The summed E-state index contributed by atoms with van der Waals surface area (Å²) in [6.07, 6.45) is 2.78. The maximum absolute atomic E-state index is 12.5. The predicted octanol–water partition coefficient (Wildman–Crippen LogP) is 0.643. The molecule has 1 spiro atoms. The highest BCUT2D eigenvalue weighted by Crippen LogP contribution is 2.38. The van der Waals surface area contributed by atoms with Crippen molar-refractivity contribution in [2.24, 2.45) is 5.41 Å². The Morgan fingerprint density at radius 3 is 2.84 bits per heavy atom. The van der Waals surface area contributed by atoms with Gasteiger partial charge >= 0.3 is 6.03 Å². The van der Waals surface area contributed by atoms with Gasteiger partial charge in [-0.25, -0.2) is 9.78 Å². The first-order chi connectivity index (χ1) is 11.9. The number of urea groups is 1. The maximum Gasteiger partial charge on any atom is 0.321 e. The second-order valence-corrected chi connectivity index (χ2v) is 7.06. The molecule has 3 rings (SSSR count). The van der Waals surface area contributed by atoms with Gasteiger partial charge in [-0.3, -0.25) is 4.79 Å². The van der Waals surface area contributed by atoms with Gasteiger partial charge in [0.05, 0.1) is 11.5 Å². The molecule has 3 heterocycles. The summed E-state index contributed by atoms with van der Waals surface area (Å²) in [5, 5.41) is 15.5. The van der Waals surface area contributed by atoms with Crippen LogP contribution in [0.5, 0.6) is 0 Å². The number of pyridine rings is 1. The van der Waals surface area contributed by atoms with E-state index in [-0.39, 0.29) is 11.9 Å². The van der Waals surface area contributed by atoms with E-state index in [1.54, 1.807) is 17.2 Å². The topological polar surface area (TPSA) is 97.8 Å². The monoisotopic (exact) mass is 347 g/mol. The molecule has 136 valence electrons. The zero-order chi connectivity index (χ0) is 18.0. The van der Waals surface area contributed by atoms with E-state index in [4.69, 9.17) is 0 Å². The Hall–Kier alpha value is -2.35. The maximum atomic E-state index is 12.5. The number of amides is 3. The van der Waals surface area contributed by atoms with Crippen molar-refractivity contribution in [3.8, 4) is 0 Å². The molecular formula is C17H25N5O3. The molecule has 0 saturated carbocycles. The minimum atomic E-state index is -0.538. The van der Waals surface area contributed by atoms with Gasteiger partial charge < -0.3 is 25.5 Å².